The molecule has 27 heavy (non-hydrogen) atoms. The van der Waals surface area contributed by atoms with Gasteiger partial charge in [0.05, 0.1) is 18.1 Å². The third-order valence-electron chi connectivity index (χ3n) is 5.80. The summed E-state index contributed by atoms with van der Waals surface area (Å²) in [5.74, 6) is 0.216. The quantitative estimate of drug-likeness (QED) is 0.832. The number of morpholine rings is 1. The zero-order valence-corrected chi connectivity index (χ0v) is 15.8. The Morgan fingerprint density at radius 1 is 0.963 bits per heavy atom. The molecule has 0 saturated carbocycles. The second-order valence-corrected chi connectivity index (χ2v) is 7.62. The molecule has 0 aromatic heterocycles. The Bertz CT molecular complexity index is 756. The minimum atomic E-state index is -0.488. The lowest BCUT2D eigenvalue weighted by atomic mass is 9.72. The molecule has 4 heteroatoms. The fourth-order valence-corrected chi connectivity index (χ4v) is 4.37. The van der Waals surface area contributed by atoms with Gasteiger partial charge < -0.3 is 14.4 Å². The van der Waals surface area contributed by atoms with E-state index in [-0.39, 0.29) is 18.1 Å². The van der Waals surface area contributed by atoms with Crippen molar-refractivity contribution in [1.29, 1.82) is 0 Å². The number of benzene rings is 2. The zero-order chi connectivity index (χ0) is 18.7. The first-order chi connectivity index (χ1) is 13.2. The summed E-state index contributed by atoms with van der Waals surface area (Å²) in [5, 5.41) is 0. The molecule has 2 atom stereocenters. The van der Waals surface area contributed by atoms with Crippen molar-refractivity contribution in [3.63, 3.8) is 0 Å². The van der Waals surface area contributed by atoms with Crippen molar-refractivity contribution in [3.8, 4) is 0 Å². The van der Waals surface area contributed by atoms with E-state index in [4.69, 9.17) is 9.47 Å². The zero-order valence-electron chi connectivity index (χ0n) is 15.8. The predicted octanol–water partition coefficient (Wildman–Crippen LogP) is 3.72. The SMILES string of the molecule is C[C@@H]1CN(C(=O)C2(c3ccccc3)CCOCC2)C[C@@H](c2ccccc2)O1. The van der Waals surface area contributed by atoms with Crippen molar-refractivity contribution in [2.45, 2.75) is 37.4 Å². The minimum Gasteiger partial charge on any atom is -0.381 e. The van der Waals surface area contributed by atoms with Crippen molar-refractivity contribution in [1.82, 2.24) is 4.90 Å². The minimum absolute atomic E-state index is 0.0144. The van der Waals surface area contributed by atoms with E-state index in [2.05, 4.69) is 31.2 Å². The molecule has 2 heterocycles. The molecule has 2 aliphatic heterocycles. The first-order valence-electron chi connectivity index (χ1n) is 9.82. The molecule has 0 N–H and O–H groups in total. The van der Waals surface area contributed by atoms with Crippen LogP contribution >= 0.6 is 0 Å². The van der Waals surface area contributed by atoms with Crippen molar-refractivity contribution in [2.24, 2.45) is 0 Å². The second-order valence-electron chi connectivity index (χ2n) is 7.62. The van der Waals surface area contributed by atoms with Crippen molar-refractivity contribution in [3.05, 3.63) is 71.8 Å². The molecule has 2 aliphatic rings. The van der Waals surface area contributed by atoms with Gasteiger partial charge in [-0.05, 0) is 30.9 Å². The molecule has 0 bridgehead atoms. The third-order valence-corrected chi connectivity index (χ3v) is 5.80. The molecule has 2 aromatic carbocycles. The van der Waals surface area contributed by atoms with E-state index in [1.54, 1.807) is 0 Å². The smallest absolute Gasteiger partial charge is 0.233 e. The lowest BCUT2D eigenvalue weighted by Gasteiger charge is -2.44. The largest absolute Gasteiger partial charge is 0.381 e. The topological polar surface area (TPSA) is 38.8 Å². The highest BCUT2D eigenvalue weighted by atomic mass is 16.5. The van der Waals surface area contributed by atoms with Crippen LogP contribution in [0.15, 0.2) is 60.7 Å². The highest BCUT2D eigenvalue weighted by Gasteiger charge is 2.45. The van der Waals surface area contributed by atoms with Crippen LogP contribution in [0.3, 0.4) is 0 Å². The molecule has 0 radical (unpaired) electrons. The van der Waals surface area contributed by atoms with E-state index in [0.717, 1.165) is 24.0 Å². The summed E-state index contributed by atoms with van der Waals surface area (Å²) in [7, 11) is 0. The lowest BCUT2D eigenvalue weighted by molar-refractivity contribution is -0.154. The Morgan fingerprint density at radius 3 is 2.26 bits per heavy atom. The van der Waals surface area contributed by atoms with Gasteiger partial charge in [0.15, 0.2) is 0 Å². The summed E-state index contributed by atoms with van der Waals surface area (Å²) in [6.45, 7) is 4.54. The van der Waals surface area contributed by atoms with E-state index in [9.17, 15) is 4.79 Å². The summed E-state index contributed by atoms with van der Waals surface area (Å²) in [6, 6.07) is 20.4. The van der Waals surface area contributed by atoms with Gasteiger partial charge in [0, 0.05) is 19.8 Å². The van der Waals surface area contributed by atoms with Crippen LogP contribution in [-0.2, 0) is 19.7 Å². The number of hydrogen-bond donors (Lipinski definition) is 0. The fourth-order valence-electron chi connectivity index (χ4n) is 4.37. The Hall–Kier alpha value is -2.17. The third kappa shape index (κ3) is 3.64. The molecule has 1 amide bonds. The summed E-state index contributed by atoms with van der Waals surface area (Å²) < 4.78 is 11.8. The number of carbonyl (C=O) groups is 1. The van der Waals surface area contributed by atoms with Gasteiger partial charge in [-0.1, -0.05) is 60.7 Å². The maximum absolute atomic E-state index is 13.8. The van der Waals surface area contributed by atoms with E-state index in [0.29, 0.717) is 26.3 Å². The van der Waals surface area contributed by atoms with Crippen LogP contribution in [0.4, 0.5) is 0 Å². The summed E-state index contributed by atoms with van der Waals surface area (Å²) >= 11 is 0. The molecular formula is C23H27NO3. The molecule has 4 nitrogen and oxygen atoms in total. The van der Waals surface area contributed by atoms with Crippen LogP contribution in [0.5, 0.6) is 0 Å². The van der Waals surface area contributed by atoms with Crippen molar-refractivity contribution in [2.75, 3.05) is 26.3 Å². The Kier molecular flexibility index (Phi) is 5.28. The average Bonchev–Trinajstić information content (AvgIpc) is 2.74. The summed E-state index contributed by atoms with van der Waals surface area (Å²) in [4.78, 5) is 15.8. The number of rotatable bonds is 3. The second kappa shape index (κ2) is 7.83. The van der Waals surface area contributed by atoms with Gasteiger partial charge in [-0.25, -0.2) is 0 Å². The van der Waals surface area contributed by atoms with Crippen LogP contribution in [-0.4, -0.2) is 43.2 Å². The van der Waals surface area contributed by atoms with E-state index >= 15 is 0 Å². The molecular weight excluding hydrogens is 338 g/mol. The average molecular weight is 365 g/mol. The Labute approximate surface area is 161 Å². The van der Waals surface area contributed by atoms with Crippen LogP contribution < -0.4 is 0 Å². The summed E-state index contributed by atoms with van der Waals surface area (Å²) in [6.07, 6.45) is 1.40. The highest BCUT2D eigenvalue weighted by molar-refractivity contribution is 5.88. The molecule has 2 fully saturated rings. The van der Waals surface area contributed by atoms with E-state index in [1.807, 2.05) is 41.3 Å². The molecule has 2 saturated heterocycles. The van der Waals surface area contributed by atoms with Gasteiger partial charge in [0.25, 0.3) is 0 Å². The maximum atomic E-state index is 13.8. The van der Waals surface area contributed by atoms with Gasteiger partial charge in [0.2, 0.25) is 5.91 Å². The first-order valence-corrected chi connectivity index (χ1v) is 9.82. The predicted molar refractivity (Wildman–Crippen MR) is 104 cm³/mol. The Balaban J connectivity index is 1.63. The fraction of sp³-hybridized carbons (Fsp3) is 0.435. The number of amides is 1. The van der Waals surface area contributed by atoms with Gasteiger partial charge in [-0.15, -0.1) is 0 Å². The van der Waals surface area contributed by atoms with Crippen LogP contribution in [0.1, 0.15) is 37.0 Å². The lowest BCUT2D eigenvalue weighted by Crippen LogP contribution is -2.55. The molecule has 2 aromatic rings. The van der Waals surface area contributed by atoms with Crippen molar-refractivity contribution < 1.29 is 14.3 Å². The van der Waals surface area contributed by atoms with Gasteiger partial charge in [-0.3, -0.25) is 4.79 Å². The van der Waals surface area contributed by atoms with Crippen LogP contribution in [0.2, 0.25) is 0 Å². The van der Waals surface area contributed by atoms with E-state index in [1.165, 1.54) is 0 Å². The summed E-state index contributed by atoms with van der Waals surface area (Å²) in [5.41, 5.74) is 1.74. The van der Waals surface area contributed by atoms with Gasteiger partial charge in [0.1, 0.15) is 6.10 Å². The standard InChI is InChI=1S/C23H27NO3/c1-18-16-24(17-21(27-18)19-8-4-2-5-9-19)22(25)23(12-14-26-15-13-23)20-10-6-3-7-11-20/h2-11,18,21H,12-17H2,1H3/t18-,21+/m1/s1. The van der Waals surface area contributed by atoms with Gasteiger partial charge >= 0.3 is 0 Å². The number of ether oxygens (including phenoxy) is 2. The number of carbonyl (C=O) groups excluding carboxylic acids is 1. The van der Waals surface area contributed by atoms with Crippen molar-refractivity contribution >= 4 is 5.91 Å². The maximum Gasteiger partial charge on any atom is 0.233 e. The number of hydrogen-bond acceptors (Lipinski definition) is 3. The normalized spacial score (nSPS) is 25.1. The Morgan fingerprint density at radius 2 is 1.59 bits per heavy atom. The monoisotopic (exact) mass is 365 g/mol. The number of nitrogens with zero attached hydrogens (tertiary/aromatic N) is 1. The first kappa shape index (κ1) is 18.2. The van der Waals surface area contributed by atoms with Crippen LogP contribution in [0, 0.1) is 0 Å². The molecule has 0 unspecified atom stereocenters. The van der Waals surface area contributed by atoms with E-state index < -0.39 is 5.41 Å². The molecule has 0 aliphatic carbocycles. The molecule has 4 rings (SSSR count). The molecule has 0 spiro atoms. The molecule has 142 valence electrons. The van der Waals surface area contributed by atoms with Gasteiger partial charge in [-0.2, -0.15) is 0 Å². The van der Waals surface area contributed by atoms with Crippen LogP contribution in [0.25, 0.3) is 0 Å². The highest BCUT2D eigenvalue weighted by Crippen LogP contribution is 2.38.